The van der Waals surface area contributed by atoms with E-state index in [1.165, 1.54) is 5.56 Å². The molecule has 1 heterocycles. The van der Waals surface area contributed by atoms with Gasteiger partial charge in [-0.05, 0) is 50.1 Å². The molecule has 1 aromatic carbocycles. The Kier molecular flexibility index (Phi) is 4.27. The number of phenolic OH excluding ortho intramolecular Hbond substituents is 1. The van der Waals surface area contributed by atoms with Crippen LogP contribution in [0.5, 0.6) is 5.75 Å². The fraction of sp³-hybridized carbons (Fsp3) is 0.375. The third kappa shape index (κ3) is 3.38. The quantitative estimate of drug-likeness (QED) is 0.850. The largest absolute Gasteiger partial charge is 0.508 e. The van der Waals surface area contributed by atoms with Crippen molar-refractivity contribution in [2.45, 2.75) is 39.3 Å². The van der Waals surface area contributed by atoms with E-state index in [0.717, 1.165) is 17.9 Å². The van der Waals surface area contributed by atoms with Gasteiger partial charge in [0.05, 0.1) is 6.04 Å². The average molecular weight is 259 g/mol. The predicted octanol–water partition coefficient (Wildman–Crippen LogP) is 4.10. The Hall–Kier alpha value is -1.74. The molecule has 2 N–H and O–H groups in total. The molecular formula is C16H21NO2. The topological polar surface area (TPSA) is 45.4 Å². The lowest BCUT2D eigenvalue weighted by Gasteiger charge is -2.21. The van der Waals surface area contributed by atoms with Gasteiger partial charge in [0.15, 0.2) is 0 Å². The van der Waals surface area contributed by atoms with E-state index >= 15 is 0 Å². The Morgan fingerprint density at radius 1 is 1.16 bits per heavy atom. The van der Waals surface area contributed by atoms with Crippen molar-refractivity contribution < 1.29 is 9.52 Å². The van der Waals surface area contributed by atoms with Crippen LogP contribution in [0, 0.1) is 6.92 Å². The van der Waals surface area contributed by atoms with Gasteiger partial charge in [-0.3, -0.25) is 0 Å². The van der Waals surface area contributed by atoms with Crippen LogP contribution in [0.3, 0.4) is 0 Å². The van der Waals surface area contributed by atoms with Crippen molar-refractivity contribution in [2.75, 3.05) is 0 Å². The second-order valence-electron chi connectivity index (χ2n) is 4.89. The molecule has 0 aliphatic carbocycles. The summed E-state index contributed by atoms with van der Waals surface area (Å²) in [5.41, 5.74) is 1.18. The highest BCUT2D eigenvalue weighted by Crippen LogP contribution is 2.24. The molecule has 102 valence electrons. The smallest absolute Gasteiger partial charge is 0.120 e. The highest BCUT2D eigenvalue weighted by Gasteiger charge is 2.15. The first-order chi connectivity index (χ1) is 9.10. The fourth-order valence-electron chi connectivity index (χ4n) is 2.23. The van der Waals surface area contributed by atoms with Crippen LogP contribution in [-0.2, 0) is 0 Å². The van der Waals surface area contributed by atoms with E-state index in [0.29, 0.717) is 5.75 Å². The second-order valence-corrected chi connectivity index (χ2v) is 4.89. The molecule has 2 unspecified atom stereocenters. The van der Waals surface area contributed by atoms with Gasteiger partial charge in [0, 0.05) is 6.04 Å². The summed E-state index contributed by atoms with van der Waals surface area (Å²) in [7, 11) is 0. The Balaban J connectivity index is 2.08. The fourth-order valence-corrected chi connectivity index (χ4v) is 2.23. The van der Waals surface area contributed by atoms with Gasteiger partial charge in [0.2, 0.25) is 0 Å². The number of furan rings is 1. The summed E-state index contributed by atoms with van der Waals surface area (Å²) < 4.78 is 5.64. The molecule has 0 amide bonds. The van der Waals surface area contributed by atoms with Gasteiger partial charge in [-0.2, -0.15) is 0 Å². The summed E-state index contributed by atoms with van der Waals surface area (Å²) in [6, 6.07) is 11.8. The van der Waals surface area contributed by atoms with Crippen molar-refractivity contribution in [1.82, 2.24) is 5.32 Å². The van der Waals surface area contributed by atoms with E-state index in [1.54, 1.807) is 12.1 Å². The minimum Gasteiger partial charge on any atom is -0.508 e. The van der Waals surface area contributed by atoms with Crippen molar-refractivity contribution in [1.29, 1.82) is 0 Å². The van der Waals surface area contributed by atoms with Crippen LogP contribution in [0.1, 0.15) is 49.4 Å². The lowest BCUT2D eigenvalue weighted by Crippen LogP contribution is -2.23. The van der Waals surface area contributed by atoms with Crippen LogP contribution in [0.4, 0.5) is 0 Å². The Labute approximate surface area is 114 Å². The molecule has 0 saturated heterocycles. The lowest BCUT2D eigenvalue weighted by molar-refractivity contribution is 0.378. The van der Waals surface area contributed by atoms with E-state index in [9.17, 15) is 5.11 Å². The van der Waals surface area contributed by atoms with Crippen molar-refractivity contribution in [3.8, 4) is 5.75 Å². The molecule has 0 aliphatic heterocycles. The SMILES string of the molecule is CCC(NC(C)c1ccc(C)o1)c1ccc(O)cc1. The van der Waals surface area contributed by atoms with Crippen LogP contribution in [0.2, 0.25) is 0 Å². The summed E-state index contributed by atoms with van der Waals surface area (Å²) in [6.45, 7) is 6.19. The molecule has 0 fully saturated rings. The average Bonchev–Trinajstić information content (AvgIpc) is 2.84. The van der Waals surface area contributed by atoms with Crippen molar-refractivity contribution >= 4 is 0 Å². The third-order valence-corrected chi connectivity index (χ3v) is 3.34. The van der Waals surface area contributed by atoms with Crippen LogP contribution in [-0.4, -0.2) is 5.11 Å². The molecule has 2 aromatic rings. The van der Waals surface area contributed by atoms with E-state index in [-0.39, 0.29) is 12.1 Å². The number of aryl methyl sites for hydroxylation is 1. The van der Waals surface area contributed by atoms with Gasteiger partial charge in [0.1, 0.15) is 17.3 Å². The van der Waals surface area contributed by atoms with E-state index in [2.05, 4.69) is 19.2 Å². The maximum atomic E-state index is 9.34. The summed E-state index contributed by atoms with van der Waals surface area (Å²) in [4.78, 5) is 0. The number of hydrogen-bond donors (Lipinski definition) is 2. The normalized spacial score (nSPS) is 14.3. The van der Waals surface area contributed by atoms with Gasteiger partial charge in [-0.15, -0.1) is 0 Å². The lowest BCUT2D eigenvalue weighted by atomic mass is 10.0. The monoisotopic (exact) mass is 259 g/mol. The minimum absolute atomic E-state index is 0.160. The van der Waals surface area contributed by atoms with Crippen molar-refractivity contribution in [3.63, 3.8) is 0 Å². The summed E-state index contributed by atoms with van der Waals surface area (Å²) in [5, 5.41) is 12.9. The molecule has 0 bridgehead atoms. The highest BCUT2D eigenvalue weighted by atomic mass is 16.3. The Morgan fingerprint density at radius 3 is 2.37 bits per heavy atom. The standard InChI is InChI=1S/C16H21NO2/c1-4-15(13-6-8-14(18)9-7-13)17-12(3)16-10-5-11(2)19-16/h5-10,12,15,17-18H,4H2,1-3H3. The summed E-state index contributed by atoms with van der Waals surface area (Å²) in [5.74, 6) is 2.18. The zero-order valence-corrected chi connectivity index (χ0v) is 11.7. The maximum absolute atomic E-state index is 9.34. The van der Waals surface area contributed by atoms with E-state index in [1.807, 2.05) is 31.2 Å². The van der Waals surface area contributed by atoms with Crippen LogP contribution < -0.4 is 5.32 Å². The number of aromatic hydroxyl groups is 1. The first-order valence-electron chi connectivity index (χ1n) is 6.71. The molecule has 3 heteroatoms. The van der Waals surface area contributed by atoms with E-state index < -0.39 is 0 Å². The highest BCUT2D eigenvalue weighted by molar-refractivity contribution is 5.28. The summed E-state index contributed by atoms with van der Waals surface area (Å²) in [6.07, 6.45) is 0.981. The molecule has 3 nitrogen and oxygen atoms in total. The first-order valence-corrected chi connectivity index (χ1v) is 6.71. The molecule has 19 heavy (non-hydrogen) atoms. The van der Waals surface area contributed by atoms with Crippen molar-refractivity contribution in [3.05, 3.63) is 53.5 Å². The van der Waals surface area contributed by atoms with Gasteiger partial charge >= 0.3 is 0 Å². The maximum Gasteiger partial charge on any atom is 0.120 e. The molecule has 0 radical (unpaired) electrons. The Bertz CT molecular complexity index is 516. The van der Waals surface area contributed by atoms with Crippen molar-refractivity contribution in [2.24, 2.45) is 0 Å². The van der Waals surface area contributed by atoms with E-state index in [4.69, 9.17) is 4.42 Å². The Morgan fingerprint density at radius 2 is 1.84 bits per heavy atom. The number of hydrogen-bond acceptors (Lipinski definition) is 3. The van der Waals surface area contributed by atoms with Crippen LogP contribution >= 0.6 is 0 Å². The number of benzene rings is 1. The molecule has 2 rings (SSSR count). The second kappa shape index (κ2) is 5.93. The molecule has 2 atom stereocenters. The molecule has 0 saturated carbocycles. The molecule has 1 aromatic heterocycles. The number of rotatable bonds is 5. The molecule has 0 spiro atoms. The molecular weight excluding hydrogens is 238 g/mol. The zero-order valence-electron chi connectivity index (χ0n) is 11.7. The van der Waals surface area contributed by atoms with Crippen LogP contribution in [0.15, 0.2) is 40.8 Å². The van der Waals surface area contributed by atoms with Gasteiger partial charge in [-0.1, -0.05) is 19.1 Å². The van der Waals surface area contributed by atoms with Gasteiger partial charge < -0.3 is 14.8 Å². The predicted molar refractivity (Wildman–Crippen MR) is 76.1 cm³/mol. The molecule has 0 aliphatic rings. The minimum atomic E-state index is 0.160. The third-order valence-electron chi connectivity index (χ3n) is 3.34. The van der Waals surface area contributed by atoms with Gasteiger partial charge in [-0.25, -0.2) is 0 Å². The zero-order chi connectivity index (χ0) is 13.8. The van der Waals surface area contributed by atoms with Gasteiger partial charge in [0.25, 0.3) is 0 Å². The van der Waals surface area contributed by atoms with Crippen LogP contribution in [0.25, 0.3) is 0 Å². The number of phenols is 1. The first kappa shape index (κ1) is 13.7. The summed E-state index contributed by atoms with van der Waals surface area (Å²) >= 11 is 0. The number of nitrogens with one attached hydrogen (secondary N) is 1.